The second kappa shape index (κ2) is 7.26. The molecule has 1 aromatic heterocycles. The molecule has 2 heterocycles. The summed E-state index contributed by atoms with van der Waals surface area (Å²) >= 11 is 0. The van der Waals surface area contributed by atoms with Gasteiger partial charge in [0, 0.05) is 25.5 Å². The summed E-state index contributed by atoms with van der Waals surface area (Å²) in [6.45, 7) is 7.01. The summed E-state index contributed by atoms with van der Waals surface area (Å²) in [6, 6.07) is 1.64. The first-order valence-electron chi connectivity index (χ1n) is 9.20. The van der Waals surface area contributed by atoms with Gasteiger partial charge in [-0.2, -0.15) is 5.10 Å². The van der Waals surface area contributed by atoms with Crippen LogP contribution < -0.4 is 5.32 Å². The van der Waals surface area contributed by atoms with Gasteiger partial charge in [-0.15, -0.1) is 0 Å². The van der Waals surface area contributed by atoms with Crippen LogP contribution >= 0.6 is 0 Å². The molecule has 0 spiro atoms. The third-order valence-corrected chi connectivity index (χ3v) is 5.05. The maximum absolute atomic E-state index is 12.6. The zero-order valence-electron chi connectivity index (χ0n) is 15.6. The van der Waals surface area contributed by atoms with Gasteiger partial charge in [-0.05, 0) is 46.1 Å². The number of carbonyl (C=O) groups is 2. The number of ether oxygens (including phenoxy) is 1. The summed E-state index contributed by atoms with van der Waals surface area (Å²) < 4.78 is 7.97. The maximum atomic E-state index is 12.6. The number of carboxylic acids is 1. The maximum Gasteiger partial charge on any atom is 0.317 e. The van der Waals surface area contributed by atoms with E-state index >= 15 is 0 Å². The summed E-state index contributed by atoms with van der Waals surface area (Å²) in [5, 5.41) is 16.5. The quantitative estimate of drug-likeness (QED) is 0.850. The molecule has 2 aliphatic rings. The van der Waals surface area contributed by atoms with Gasteiger partial charge in [0.2, 0.25) is 0 Å². The Hall–Kier alpha value is -2.09. The minimum Gasteiger partial charge on any atom is -0.481 e. The Morgan fingerprint density at radius 2 is 1.96 bits per heavy atom. The summed E-state index contributed by atoms with van der Waals surface area (Å²) in [7, 11) is 0. The molecule has 3 atom stereocenters. The lowest BCUT2D eigenvalue weighted by Crippen LogP contribution is -2.60. The fraction of sp³-hybridized carbons (Fsp3) is 0.722. The standard InChI is InChI=1S/C18H28N4O4/c1-18(2,3)26-14-11-13(15(14)22-8-4-7-19-22)20-17(25)21-9-5-12(6-10-21)16(23)24/h4,7-8,12-15H,5-6,9-11H2,1-3H3,(H,20,25)(H,23,24). The number of aromatic nitrogens is 2. The molecule has 2 fully saturated rings. The SMILES string of the molecule is CC(C)(C)OC1CC(NC(=O)N2CCC(C(=O)O)CC2)C1n1cccn1. The number of carboxylic acid groups (broad SMARTS) is 1. The molecule has 8 heteroatoms. The van der Waals surface area contributed by atoms with Crippen LogP contribution in [0.2, 0.25) is 0 Å². The summed E-state index contributed by atoms with van der Waals surface area (Å²) in [5.74, 6) is -1.12. The molecule has 2 N–H and O–H groups in total. The molecule has 1 aliphatic carbocycles. The Bertz CT molecular complexity index is 632. The number of hydrogen-bond donors (Lipinski definition) is 2. The zero-order chi connectivity index (χ0) is 18.9. The first kappa shape index (κ1) is 18.7. The predicted molar refractivity (Wildman–Crippen MR) is 94.8 cm³/mol. The first-order valence-corrected chi connectivity index (χ1v) is 9.20. The van der Waals surface area contributed by atoms with E-state index in [9.17, 15) is 9.59 Å². The van der Waals surface area contributed by atoms with E-state index in [-0.39, 0.29) is 35.7 Å². The van der Waals surface area contributed by atoms with Gasteiger partial charge < -0.3 is 20.1 Å². The lowest BCUT2D eigenvalue weighted by molar-refractivity contribution is -0.143. The lowest BCUT2D eigenvalue weighted by atomic mass is 9.82. The molecule has 0 bridgehead atoms. The number of rotatable bonds is 4. The van der Waals surface area contributed by atoms with Crippen LogP contribution in [0.3, 0.4) is 0 Å². The van der Waals surface area contributed by atoms with Gasteiger partial charge in [0.15, 0.2) is 0 Å². The molecule has 1 aliphatic heterocycles. The van der Waals surface area contributed by atoms with Crippen LogP contribution in [0.4, 0.5) is 4.79 Å². The zero-order valence-corrected chi connectivity index (χ0v) is 15.6. The number of nitrogens with one attached hydrogen (secondary N) is 1. The number of urea groups is 1. The van der Waals surface area contributed by atoms with Crippen molar-refractivity contribution >= 4 is 12.0 Å². The van der Waals surface area contributed by atoms with Gasteiger partial charge in [-0.25, -0.2) is 4.79 Å². The van der Waals surface area contributed by atoms with E-state index in [0.717, 1.165) is 6.42 Å². The van der Waals surface area contributed by atoms with Gasteiger partial charge >= 0.3 is 12.0 Å². The Morgan fingerprint density at radius 3 is 2.50 bits per heavy atom. The van der Waals surface area contributed by atoms with Crippen LogP contribution in [-0.2, 0) is 9.53 Å². The van der Waals surface area contributed by atoms with Crippen LogP contribution in [0, 0.1) is 5.92 Å². The van der Waals surface area contributed by atoms with Crippen LogP contribution in [-0.4, -0.2) is 62.6 Å². The van der Waals surface area contributed by atoms with Gasteiger partial charge in [0.25, 0.3) is 0 Å². The number of piperidine rings is 1. The highest BCUT2D eigenvalue weighted by atomic mass is 16.5. The molecule has 3 rings (SSSR count). The van der Waals surface area contributed by atoms with Crippen molar-refractivity contribution in [3.63, 3.8) is 0 Å². The summed E-state index contributed by atoms with van der Waals surface area (Å²) in [6.07, 6.45) is 5.36. The average Bonchev–Trinajstić information content (AvgIpc) is 3.05. The van der Waals surface area contributed by atoms with E-state index in [2.05, 4.69) is 10.4 Å². The third-order valence-electron chi connectivity index (χ3n) is 5.05. The summed E-state index contributed by atoms with van der Waals surface area (Å²) in [5.41, 5.74) is -0.260. The number of aliphatic carboxylic acids is 1. The number of amides is 2. The predicted octanol–water partition coefficient (Wildman–Crippen LogP) is 1.89. The van der Waals surface area contributed by atoms with Gasteiger partial charge in [-0.1, -0.05) is 0 Å². The Balaban J connectivity index is 1.58. The fourth-order valence-electron chi connectivity index (χ4n) is 3.70. The van der Waals surface area contributed by atoms with Crippen LogP contribution in [0.1, 0.15) is 46.1 Å². The molecule has 0 radical (unpaired) electrons. The van der Waals surface area contributed by atoms with E-state index in [1.165, 1.54) is 0 Å². The second-order valence-corrected chi connectivity index (χ2v) is 8.14. The molecular formula is C18H28N4O4. The largest absolute Gasteiger partial charge is 0.481 e. The van der Waals surface area contributed by atoms with Crippen LogP contribution in [0.5, 0.6) is 0 Å². The van der Waals surface area contributed by atoms with Gasteiger partial charge in [-0.3, -0.25) is 9.48 Å². The number of carbonyl (C=O) groups excluding carboxylic acids is 1. The van der Waals surface area contributed by atoms with Crippen LogP contribution in [0.25, 0.3) is 0 Å². The molecule has 144 valence electrons. The molecule has 1 saturated heterocycles. The number of likely N-dealkylation sites (tertiary alicyclic amines) is 1. The Labute approximate surface area is 153 Å². The minimum absolute atomic E-state index is 0.00190. The minimum atomic E-state index is -0.773. The molecule has 8 nitrogen and oxygen atoms in total. The lowest BCUT2D eigenvalue weighted by Gasteiger charge is -2.47. The van der Waals surface area contributed by atoms with E-state index in [4.69, 9.17) is 9.84 Å². The monoisotopic (exact) mass is 364 g/mol. The van der Waals surface area contributed by atoms with Crippen molar-refractivity contribution in [3.05, 3.63) is 18.5 Å². The molecule has 26 heavy (non-hydrogen) atoms. The highest BCUT2D eigenvalue weighted by molar-refractivity contribution is 5.76. The normalized spacial score (nSPS) is 27.0. The molecular weight excluding hydrogens is 336 g/mol. The number of hydrogen-bond acceptors (Lipinski definition) is 4. The van der Waals surface area contributed by atoms with Crippen molar-refractivity contribution < 1.29 is 19.4 Å². The Kier molecular flexibility index (Phi) is 5.22. The average molecular weight is 364 g/mol. The third kappa shape index (κ3) is 4.17. The number of nitrogens with zero attached hydrogens (tertiary/aromatic N) is 3. The van der Waals surface area contributed by atoms with Crippen LogP contribution in [0.15, 0.2) is 18.5 Å². The molecule has 2 amide bonds. The van der Waals surface area contributed by atoms with Gasteiger partial charge in [0.1, 0.15) is 0 Å². The highest BCUT2D eigenvalue weighted by Gasteiger charge is 2.46. The van der Waals surface area contributed by atoms with Crippen molar-refractivity contribution in [2.75, 3.05) is 13.1 Å². The van der Waals surface area contributed by atoms with Crippen molar-refractivity contribution in [1.29, 1.82) is 0 Å². The van der Waals surface area contributed by atoms with Crippen molar-refractivity contribution in [1.82, 2.24) is 20.0 Å². The van der Waals surface area contributed by atoms with E-state index in [1.807, 2.05) is 37.7 Å². The van der Waals surface area contributed by atoms with Gasteiger partial charge in [0.05, 0.1) is 29.7 Å². The van der Waals surface area contributed by atoms with Crippen molar-refractivity contribution in [2.24, 2.45) is 5.92 Å². The highest BCUT2D eigenvalue weighted by Crippen LogP contribution is 2.37. The molecule has 0 aromatic carbocycles. The second-order valence-electron chi connectivity index (χ2n) is 8.14. The van der Waals surface area contributed by atoms with E-state index in [0.29, 0.717) is 25.9 Å². The van der Waals surface area contributed by atoms with Crippen molar-refractivity contribution in [2.45, 2.75) is 63.8 Å². The summed E-state index contributed by atoms with van der Waals surface area (Å²) in [4.78, 5) is 25.3. The molecule has 1 saturated carbocycles. The first-order chi connectivity index (χ1) is 12.2. The Morgan fingerprint density at radius 1 is 1.27 bits per heavy atom. The van der Waals surface area contributed by atoms with E-state index in [1.54, 1.807) is 11.1 Å². The smallest absolute Gasteiger partial charge is 0.317 e. The van der Waals surface area contributed by atoms with E-state index < -0.39 is 5.97 Å². The molecule has 3 unspecified atom stereocenters. The molecule has 1 aromatic rings. The van der Waals surface area contributed by atoms with Crippen molar-refractivity contribution in [3.8, 4) is 0 Å². The topological polar surface area (TPSA) is 96.7 Å². The fourth-order valence-corrected chi connectivity index (χ4v) is 3.70.